The molecule has 1 N–H and O–H groups in total. The van der Waals surface area contributed by atoms with Gasteiger partial charge in [0.25, 0.3) is 0 Å². The Balaban J connectivity index is 1.77. The van der Waals surface area contributed by atoms with E-state index in [1.54, 1.807) is 6.20 Å². The van der Waals surface area contributed by atoms with Crippen LogP contribution in [0.2, 0.25) is 0 Å². The summed E-state index contributed by atoms with van der Waals surface area (Å²) in [5.74, 6) is 0.122. The predicted octanol–water partition coefficient (Wildman–Crippen LogP) is 3.50. The highest BCUT2D eigenvalue weighted by molar-refractivity contribution is 7.98. The van der Waals surface area contributed by atoms with E-state index in [-0.39, 0.29) is 0 Å². The molecule has 1 saturated heterocycles. The molecule has 0 bridgehead atoms. The molecule has 0 unspecified atom stereocenters. The van der Waals surface area contributed by atoms with E-state index in [2.05, 4.69) is 27.0 Å². The second-order valence-electron chi connectivity index (χ2n) is 6.50. The Bertz CT molecular complexity index is 726. The molecule has 1 aliphatic rings. The van der Waals surface area contributed by atoms with Crippen molar-refractivity contribution < 1.29 is 9.90 Å². The van der Waals surface area contributed by atoms with Crippen molar-refractivity contribution in [1.29, 1.82) is 0 Å². The minimum Gasteiger partial charge on any atom is -0.481 e. The number of carboxylic acids is 1. The first kappa shape index (κ1) is 17.7. The minimum absolute atomic E-state index is 0.500. The van der Waals surface area contributed by atoms with Gasteiger partial charge in [0, 0.05) is 19.3 Å². The van der Waals surface area contributed by atoms with Crippen LogP contribution in [0.4, 0.5) is 5.82 Å². The maximum atomic E-state index is 12.1. The predicted molar refractivity (Wildman–Crippen MR) is 100 cm³/mol. The summed E-state index contributed by atoms with van der Waals surface area (Å²) in [4.78, 5) is 23.0. The highest BCUT2D eigenvalue weighted by Gasteiger charge is 2.42. The Morgan fingerprint density at radius 1 is 1.32 bits per heavy atom. The van der Waals surface area contributed by atoms with Crippen molar-refractivity contribution in [2.24, 2.45) is 5.41 Å². The van der Waals surface area contributed by atoms with Crippen LogP contribution in [0.3, 0.4) is 0 Å². The molecule has 132 valence electrons. The molecule has 0 radical (unpaired) electrons. The molecule has 0 aliphatic carbocycles. The van der Waals surface area contributed by atoms with Gasteiger partial charge in [0.05, 0.1) is 5.41 Å². The molecular formula is C19H23N3O2S. The lowest BCUT2D eigenvalue weighted by atomic mass is 9.75. The lowest BCUT2D eigenvalue weighted by Crippen LogP contribution is -2.48. The fourth-order valence-electron chi connectivity index (χ4n) is 3.45. The number of rotatable bonds is 6. The molecule has 0 amide bonds. The summed E-state index contributed by atoms with van der Waals surface area (Å²) in [6.07, 6.45) is 6.68. The summed E-state index contributed by atoms with van der Waals surface area (Å²) in [6.45, 7) is 1.34. The molecule has 1 aromatic carbocycles. The van der Waals surface area contributed by atoms with E-state index in [9.17, 15) is 9.90 Å². The molecule has 3 rings (SSSR count). The van der Waals surface area contributed by atoms with Crippen LogP contribution in [-0.2, 0) is 11.2 Å². The van der Waals surface area contributed by atoms with E-state index >= 15 is 0 Å². The van der Waals surface area contributed by atoms with Crippen molar-refractivity contribution in [3.63, 3.8) is 0 Å². The number of aromatic nitrogens is 2. The number of aryl methyl sites for hydroxylation is 1. The molecular weight excluding hydrogens is 334 g/mol. The molecule has 25 heavy (non-hydrogen) atoms. The maximum absolute atomic E-state index is 12.1. The Hall–Kier alpha value is -2.08. The summed E-state index contributed by atoms with van der Waals surface area (Å²) in [7, 11) is 0. The molecule has 1 fully saturated rings. The number of thioether (sulfide) groups is 1. The normalized spacial score (nSPS) is 20.4. The van der Waals surface area contributed by atoms with Crippen molar-refractivity contribution in [3.8, 4) is 0 Å². The van der Waals surface area contributed by atoms with Gasteiger partial charge in [-0.3, -0.25) is 4.79 Å². The molecule has 5 nitrogen and oxygen atoms in total. The quantitative estimate of drug-likeness (QED) is 0.630. The Morgan fingerprint density at radius 3 is 2.84 bits per heavy atom. The maximum Gasteiger partial charge on any atom is 0.311 e. The average Bonchev–Trinajstić information content (AvgIpc) is 2.67. The van der Waals surface area contributed by atoms with Gasteiger partial charge in [-0.25, -0.2) is 9.97 Å². The number of carboxylic acid groups (broad SMARTS) is 1. The van der Waals surface area contributed by atoms with Crippen LogP contribution in [0.25, 0.3) is 0 Å². The van der Waals surface area contributed by atoms with Crippen molar-refractivity contribution in [2.45, 2.75) is 30.8 Å². The van der Waals surface area contributed by atoms with Gasteiger partial charge in [0.15, 0.2) is 5.16 Å². The molecule has 1 aliphatic heterocycles. The number of aliphatic carboxylic acids is 1. The zero-order valence-corrected chi connectivity index (χ0v) is 15.2. The lowest BCUT2D eigenvalue weighted by Gasteiger charge is -2.40. The fraction of sp³-hybridized carbons (Fsp3) is 0.421. The lowest BCUT2D eigenvalue weighted by molar-refractivity contribution is -0.150. The van der Waals surface area contributed by atoms with Crippen molar-refractivity contribution >= 4 is 23.5 Å². The zero-order valence-electron chi connectivity index (χ0n) is 14.4. The Morgan fingerprint density at radius 2 is 2.12 bits per heavy atom. The molecule has 6 heteroatoms. The van der Waals surface area contributed by atoms with E-state index < -0.39 is 11.4 Å². The van der Waals surface area contributed by atoms with E-state index in [4.69, 9.17) is 0 Å². The first-order chi connectivity index (χ1) is 12.1. The van der Waals surface area contributed by atoms with E-state index in [0.717, 1.165) is 25.2 Å². The van der Waals surface area contributed by atoms with Gasteiger partial charge in [0.2, 0.25) is 0 Å². The molecule has 1 atom stereocenters. The first-order valence-corrected chi connectivity index (χ1v) is 9.75. The fourth-order valence-corrected chi connectivity index (χ4v) is 3.80. The van der Waals surface area contributed by atoms with Gasteiger partial charge >= 0.3 is 5.97 Å². The number of nitrogens with zero attached hydrogens (tertiary/aromatic N) is 3. The van der Waals surface area contributed by atoms with Crippen LogP contribution < -0.4 is 4.90 Å². The zero-order chi connectivity index (χ0) is 17.7. The van der Waals surface area contributed by atoms with Gasteiger partial charge in [-0.2, -0.15) is 0 Å². The summed E-state index contributed by atoms with van der Waals surface area (Å²) in [5, 5.41) is 10.7. The van der Waals surface area contributed by atoms with E-state index in [0.29, 0.717) is 24.5 Å². The van der Waals surface area contributed by atoms with Crippen LogP contribution in [0.15, 0.2) is 47.8 Å². The van der Waals surface area contributed by atoms with Crippen LogP contribution in [0.1, 0.15) is 24.8 Å². The standard InChI is InChI=1S/C19H23N3O2S/c1-25-18-20-12-9-16(21-18)22-13-5-10-19(14-22,17(23)24)11-8-15-6-3-2-4-7-15/h2-4,6-7,9,12H,5,8,10-11,13-14H2,1H3,(H,23,24)/t19-/m1/s1. The van der Waals surface area contributed by atoms with Crippen LogP contribution in [0, 0.1) is 5.41 Å². The summed E-state index contributed by atoms with van der Waals surface area (Å²) < 4.78 is 0. The Labute approximate surface area is 152 Å². The topological polar surface area (TPSA) is 66.3 Å². The van der Waals surface area contributed by atoms with Gasteiger partial charge in [0.1, 0.15) is 5.82 Å². The number of anilines is 1. The Kier molecular flexibility index (Phi) is 5.58. The third-order valence-electron chi connectivity index (χ3n) is 4.89. The van der Waals surface area contributed by atoms with Crippen molar-refractivity contribution in [1.82, 2.24) is 9.97 Å². The number of hydrogen-bond acceptors (Lipinski definition) is 5. The van der Waals surface area contributed by atoms with Crippen LogP contribution in [-0.4, -0.2) is 40.4 Å². The van der Waals surface area contributed by atoms with Gasteiger partial charge in [-0.1, -0.05) is 42.1 Å². The second kappa shape index (κ2) is 7.87. The van der Waals surface area contributed by atoms with Crippen molar-refractivity contribution in [2.75, 3.05) is 24.2 Å². The molecule has 0 spiro atoms. The average molecular weight is 357 g/mol. The minimum atomic E-state index is -0.724. The second-order valence-corrected chi connectivity index (χ2v) is 7.27. The van der Waals surface area contributed by atoms with E-state index in [1.165, 1.54) is 17.3 Å². The monoisotopic (exact) mass is 357 g/mol. The number of carbonyl (C=O) groups is 1. The van der Waals surface area contributed by atoms with Gasteiger partial charge in [-0.15, -0.1) is 0 Å². The smallest absolute Gasteiger partial charge is 0.311 e. The summed E-state index contributed by atoms with van der Waals surface area (Å²) in [5.41, 5.74) is 0.463. The molecule has 2 heterocycles. The van der Waals surface area contributed by atoms with Crippen molar-refractivity contribution in [3.05, 3.63) is 48.2 Å². The van der Waals surface area contributed by atoms with Gasteiger partial charge in [-0.05, 0) is 43.6 Å². The molecule has 0 saturated carbocycles. The number of benzene rings is 1. The highest BCUT2D eigenvalue weighted by Crippen LogP contribution is 2.36. The number of piperidine rings is 1. The summed E-state index contributed by atoms with van der Waals surface area (Å²) >= 11 is 1.50. The van der Waals surface area contributed by atoms with Gasteiger partial charge < -0.3 is 10.0 Å². The third kappa shape index (κ3) is 4.12. The molecule has 2 aromatic rings. The van der Waals surface area contributed by atoms with E-state index in [1.807, 2.05) is 30.5 Å². The number of hydrogen-bond donors (Lipinski definition) is 1. The van der Waals surface area contributed by atoms with Crippen LogP contribution in [0.5, 0.6) is 0 Å². The third-order valence-corrected chi connectivity index (χ3v) is 5.45. The highest BCUT2D eigenvalue weighted by atomic mass is 32.2. The SMILES string of the molecule is CSc1nccc(N2CCC[C@](CCc3ccccc3)(C(=O)O)C2)n1. The first-order valence-electron chi connectivity index (χ1n) is 8.52. The largest absolute Gasteiger partial charge is 0.481 e. The van der Waals surface area contributed by atoms with Crippen LogP contribution >= 0.6 is 11.8 Å². The summed E-state index contributed by atoms with van der Waals surface area (Å²) in [6, 6.07) is 12.0. The molecule has 1 aromatic heterocycles.